The van der Waals surface area contributed by atoms with E-state index in [2.05, 4.69) is 50.9 Å². The fourth-order valence-corrected chi connectivity index (χ4v) is 3.51. The highest BCUT2D eigenvalue weighted by Crippen LogP contribution is 2.32. The van der Waals surface area contributed by atoms with E-state index in [-0.39, 0.29) is 6.61 Å². The third kappa shape index (κ3) is 4.78. The van der Waals surface area contributed by atoms with Gasteiger partial charge in [0, 0.05) is 45.4 Å². The Balaban J connectivity index is 1.89. The van der Waals surface area contributed by atoms with Gasteiger partial charge in [0.2, 0.25) is 0 Å². The minimum absolute atomic E-state index is 0.0130. The second-order valence-corrected chi connectivity index (χ2v) is 6.77. The van der Waals surface area contributed by atoms with Crippen LogP contribution in [0.25, 0.3) is 0 Å². The van der Waals surface area contributed by atoms with Crippen molar-refractivity contribution in [1.82, 2.24) is 9.88 Å². The lowest BCUT2D eigenvalue weighted by Gasteiger charge is -2.31. The highest BCUT2D eigenvalue weighted by molar-refractivity contribution is 5.66. The number of nitrogens with zero attached hydrogens (tertiary/aromatic N) is 3. The Hall–Kier alpha value is -2.66. The fourth-order valence-electron chi connectivity index (χ4n) is 3.51. The third-order valence-electron chi connectivity index (χ3n) is 4.84. The van der Waals surface area contributed by atoms with Gasteiger partial charge >= 0.3 is 0 Å². The first-order valence-corrected chi connectivity index (χ1v) is 9.56. The SMILES string of the molecule is COCCNc1nc(NCCO)c(C#N)c2c1CN(Cc1ccccc1)CC2. The first-order valence-electron chi connectivity index (χ1n) is 9.56. The smallest absolute Gasteiger partial charge is 0.146 e. The molecule has 28 heavy (non-hydrogen) atoms. The van der Waals surface area contributed by atoms with Gasteiger partial charge in [0.15, 0.2) is 0 Å². The largest absolute Gasteiger partial charge is 0.395 e. The Bertz CT molecular complexity index is 820. The maximum atomic E-state index is 9.73. The summed E-state index contributed by atoms with van der Waals surface area (Å²) in [5, 5.41) is 25.3. The van der Waals surface area contributed by atoms with Crippen molar-refractivity contribution in [3.05, 3.63) is 52.6 Å². The second-order valence-electron chi connectivity index (χ2n) is 6.77. The zero-order valence-corrected chi connectivity index (χ0v) is 16.2. The van der Waals surface area contributed by atoms with Crippen LogP contribution in [-0.4, -0.2) is 54.9 Å². The molecule has 2 aromatic rings. The van der Waals surface area contributed by atoms with E-state index >= 15 is 0 Å². The summed E-state index contributed by atoms with van der Waals surface area (Å²) in [6.45, 7) is 4.05. The summed E-state index contributed by atoms with van der Waals surface area (Å²) in [5.41, 5.74) is 3.97. The van der Waals surface area contributed by atoms with E-state index < -0.39 is 0 Å². The van der Waals surface area contributed by atoms with Crippen molar-refractivity contribution in [1.29, 1.82) is 5.26 Å². The molecule has 1 aromatic heterocycles. The summed E-state index contributed by atoms with van der Waals surface area (Å²) in [7, 11) is 1.67. The van der Waals surface area contributed by atoms with Crippen molar-refractivity contribution in [3.8, 4) is 6.07 Å². The predicted octanol–water partition coefficient (Wildman–Crippen LogP) is 1.97. The minimum atomic E-state index is -0.0130. The molecule has 0 saturated carbocycles. The maximum Gasteiger partial charge on any atom is 0.146 e. The Morgan fingerprint density at radius 3 is 2.68 bits per heavy atom. The lowest BCUT2D eigenvalue weighted by atomic mass is 9.95. The second kappa shape index (κ2) is 10.0. The van der Waals surface area contributed by atoms with Gasteiger partial charge in [0.25, 0.3) is 0 Å². The van der Waals surface area contributed by atoms with Crippen molar-refractivity contribution in [2.45, 2.75) is 19.5 Å². The molecule has 0 bridgehead atoms. The predicted molar refractivity (Wildman–Crippen MR) is 109 cm³/mol. The fraction of sp³-hybridized carbons (Fsp3) is 0.429. The number of methoxy groups -OCH3 is 1. The van der Waals surface area contributed by atoms with Crippen molar-refractivity contribution < 1.29 is 9.84 Å². The van der Waals surface area contributed by atoms with Gasteiger partial charge in [0.1, 0.15) is 17.7 Å². The molecule has 148 valence electrons. The Labute approximate surface area is 166 Å². The van der Waals surface area contributed by atoms with Crippen molar-refractivity contribution in [2.24, 2.45) is 0 Å². The zero-order valence-electron chi connectivity index (χ0n) is 16.2. The summed E-state index contributed by atoms with van der Waals surface area (Å²) in [6.07, 6.45) is 0.792. The van der Waals surface area contributed by atoms with Crippen LogP contribution in [0.5, 0.6) is 0 Å². The van der Waals surface area contributed by atoms with Crippen LogP contribution < -0.4 is 10.6 Å². The molecule has 3 N–H and O–H groups in total. The number of anilines is 2. The minimum Gasteiger partial charge on any atom is -0.395 e. The number of aromatic nitrogens is 1. The number of nitrogens with one attached hydrogen (secondary N) is 2. The van der Waals surface area contributed by atoms with E-state index in [0.717, 1.165) is 43.0 Å². The lowest BCUT2D eigenvalue weighted by molar-refractivity contribution is 0.210. The van der Waals surface area contributed by atoms with Crippen LogP contribution in [0, 0.1) is 11.3 Å². The van der Waals surface area contributed by atoms with Crippen LogP contribution in [0.2, 0.25) is 0 Å². The molecule has 1 aliphatic heterocycles. The standard InChI is InChI=1S/C21H27N5O2/c1-28-12-9-24-21-19-15-26(14-16-5-3-2-4-6-16)10-7-17(19)18(13-22)20(25-21)23-8-11-27/h2-6,27H,7-12,14-15H2,1H3,(H2,23,24,25). The number of aliphatic hydroxyl groups excluding tert-OH is 1. The molecular formula is C21H27N5O2. The number of pyridine rings is 1. The van der Waals surface area contributed by atoms with E-state index in [1.54, 1.807) is 7.11 Å². The molecule has 3 rings (SSSR count). The Morgan fingerprint density at radius 1 is 1.18 bits per heavy atom. The average molecular weight is 381 g/mol. The Morgan fingerprint density at radius 2 is 1.96 bits per heavy atom. The monoisotopic (exact) mass is 381 g/mol. The summed E-state index contributed by atoms with van der Waals surface area (Å²) in [6, 6.07) is 12.7. The molecule has 0 radical (unpaired) electrons. The molecule has 0 atom stereocenters. The van der Waals surface area contributed by atoms with E-state index in [1.807, 2.05) is 6.07 Å². The summed E-state index contributed by atoms with van der Waals surface area (Å²) >= 11 is 0. The van der Waals surface area contributed by atoms with Gasteiger partial charge in [-0.3, -0.25) is 4.90 Å². The number of rotatable bonds is 9. The van der Waals surface area contributed by atoms with Crippen LogP contribution in [-0.2, 0) is 24.2 Å². The van der Waals surface area contributed by atoms with Crippen LogP contribution in [0.4, 0.5) is 11.6 Å². The first kappa shape index (κ1) is 20.1. The van der Waals surface area contributed by atoms with Gasteiger partial charge in [-0.1, -0.05) is 30.3 Å². The topological polar surface area (TPSA) is 93.4 Å². The average Bonchev–Trinajstić information content (AvgIpc) is 2.73. The number of hydrogen-bond donors (Lipinski definition) is 3. The molecule has 7 heteroatoms. The quantitative estimate of drug-likeness (QED) is 0.572. The first-order chi connectivity index (χ1) is 13.8. The van der Waals surface area contributed by atoms with Gasteiger partial charge < -0.3 is 20.5 Å². The van der Waals surface area contributed by atoms with Crippen molar-refractivity contribution in [2.75, 3.05) is 50.6 Å². The third-order valence-corrected chi connectivity index (χ3v) is 4.84. The number of nitriles is 1. The Kier molecular flexibility index (Phi) is 7.20. The van der Waals surface area contributed by atoms with Gasteiger partial charge in [-0.25, -0.2) is 4.98 Å². The molecule has 0 unspecified atom stereocenters. The van der Waals surface area contributed by atoms with E-state index in [0.29, 0.717) is 31.1 Å². The molecule has 0 fully saturated rings. The number of ether oxygens (including phenoxy) is 1. The van der Waals surface area contributed by atoms with Gasteiger partial charge in [-0.2, -0.15) is 5.26 Å². The van der Waals surface area contributed by atoms with Crippen LogP contribution in [0.1, 0.15) is 22.3 Å². The summed E-state index contributed by atoms with van der Waals surface area (Å²) < 4.78 is 5.15. The summed E-state index contributed by atoms with van der Waals surface area (Å²) in [5.74, 6) is 1.32. The summed E-state index contributed by atoms with van der Waals surface area (Å²) in [4.78, 5) is 7.05. The zero-order chi connectivity index (χ0) is 19.8. The number of aliphatic hydroxyl groups is 1. The van der Waals surface area contributed by atoms with Crippen LogP contribution >= 0.6 is 0 Å². The molecule has 0 saturated heterocycles. The van der Waals surface area contributed by atoms with Crippen molar-refractivity contribution >= 4 is 11.6 Å². The van der Waals surface area contributed by atoms with E-state index in [9.17, 15) is 5.26 Å². The number of benzene rings is 1. The lowest BCUT2D eigenvalue weighted by Crippen LogP contribution is -2.32. The van der Waals surface area contributed by atoms with Gasteiger partial charge in [0.05, 0.1) is 18.8 Å². The van der Waals surface area contributed by atoms with Crippen LogP contribution in [0.3, 0.4) is 0 Å². The molecule has 0 amide bonds. The van der Waals surface area contributed by atoms with E-state index in [1.165, 1.54) is 5.56 Å². The maximum absolute atomic E-state index is 9.73. The molecule has 2 heterocycles. The van der Waals surface area contributed by atoms with Crippen LogP contribution in [0.15, 0.2) is 30.3 Å². The number of fused-ring (bicyclic) bond motifs is 1. The highest BCUT2D eigenvalue weighted by Gasteiger charge is 2.25. The van der Waals surface area contributed by atoms with Gasteiger partial charge in [-0.05, 0) is 17.5 Å². The molecule has 7 nitrogen and oxygen atoms in total. The molecule has 1 aliphatic rings. The normalized spacial score (nSPS) is 13.6. The van der Waals surface area contributed by atoms with E-state index in [4.69, 9.17) is 9.84 Å². The molecule has 1 aromatic carbocycles. The molecule has 0 aliphatic carbocycles. The van der Waals surface area contributed by atoms with Crippen molar-refractivity contribution in [3.63, 3.8) is 0 Å². The van der Waals surface area contributed by atoms with Gasteiger partial charge in [-0.15, -0.1) is 0 Å². The number of hydrogen-bond acceptors (Lipinski definition) is 7. The molecule has 0 spiro atoms. The highest BCUT2D eigenvalue weighted by atomic mass is 16.5. The molecular weight excluding hydrogens is 354 g/mol.